The van der Waals surface area contributed by atoms with E-state index >= 15 is 0 Å². The first-order chi connectivity index (χ1) is 15.6. The Labute approximate surface area is 199 Å². The molecule has 5 unspecified atom stereocenters. The van der Waals surface area contributed by atoms with Crippen LogP contribution in [0.15, 0.2) is 11.6 Å². The molecule has 0 aromatic rings. The maximum atomic E-state index is 6.31. The largest absolute Gasteiger partial charge is 0.378 e. The lowest BCUT2D eigenvalue weighted by Gasteiger charge is -2.33. The highest BCUT2D eigenvalue weighted by molar-refractivity contribution is 5.02. The summed E-state index contributed by atoms with van der Waals surface area (Å²) in [6.45, 7) is 6.76. The van der Waals surface area contributed by atoms with E-state index in [0.717, 1.165) is 42.8 Å². The first-order valence-corrected chi connectivity index (χ1v) is 14.5. The van der Waals surface area contributed by atoms with E-state index in [4.69, 9.17) is 9.47 Å². The second-order valence-electron chi connectivity index (χ2n) is 12.3. The average Bonchev–Trinajstić information content (AvgIpc) is 2.83. The lowest BCUT2D eigenvalue weighted by Crippen LogP contribution is -2.30. The van der Waals surface area contributed by atoms with Gasteiger partial charge in [-0.05, 0) is 114 Å². The normalized spacial score (nSPS) is 38.9. The molecule has 32 heavy (non-hydrogen) atoms. The number of rotatable bonds is 9. The van der Waals surface area contributed by atoms with Crippen LogP contribution in [0.4, 0.5) is 0 Å². The Bertz CT molecular complexity index is 545. The highest BCUT2D eigenvalue weighted by Gasteiger charge is 2.27. The van der Waals surface area contributed by atoms with Gasteiger partial charge in [-0.3, -0.25) is 0 Å². The van der Waals surface area contributed by atoms with Crippen molar-refractivity contribution in [2.75, 3.05) is 13.2 Å². The summed E-state index contributed by atoms with van der Waals surface area (Å²) in [6, 6.07) is 0. The van der Waals surface area contributed by atoms with Crippen molar-refractivity contribution in [3.8, 4) is 0 Å². The SMILES string of the molecule is CC1=CCC(CCC2CCC(CCC3CCC(CCC4CCC(C)CC4)CO3)OC2)CC1. The van der Waals surface area contributed by atoms with E-state index in [1.54, 1.807) is 5.57 Å². The lowest BCUT2D eigenvalue weighted by molar-refractivity contribution is -0.0521. The Morgan fingerprint density at radius 1 is 0.625 bits per heavy atom. The molecule has 5 atom stereocenters. The summed E-state index contributed by atoms with van der Waals surface area (Å²) in [4.78, 5) is 0. The molecule has 184 valence electrons. The van der Waals surface area contributed by atoms with Crippen LogP contribution in [0.25, 0.3) is 0 Å². The predicted octanol–water partition coefficient (Wildman–Crippen LogP) is 8.49. The summed E-state index contributed by atoms with van der Waals surface area (Å²) >= 11 is 0. The van der Waals surface area contributed by atoms with Gasteiger partial charge in [-0.25, -0.2) is 0 Å². The molecule has 2 heterocycles. The molecule has 0 radical (unpaired) electrons. The van der Waals surface area contributed by atoms with Gasteiger partial charge in [0.2, 0.25) is 0 Å². The smallest absolute Gasteiger partial charge is 0.0576 e. The fraction of sp³-hybridized carbons (Fsp3) is 0.933. The fourth-order valence-electron chi connectivity index (χ4n) is 6.85. The monoisotopic (exact) mass is 444 g/mol. The first-order valence-electron chi connectivity index (χ1n) is 14.5. The zero-order valence-electron chi connectivity index (χ0n) is 21.4. The van der Waals surface area contributed by atoms with Crippen molar-refractivity contribution in [2.45, 2.75) is 135 Å². The lowest BCUT2D eigenvalue weighted by atomic mass is 9.79. The molecule has 0 amide bonds. The van der Waals surface area contributed by atoms with Crippen LogP contribution in [0.5, 0.6) is 0 Å². The van der Waals surface area contributed by atoms with E-state index in [-0.39, 0.29) is 0 Å². The van der Waals surface area contributed by atoms with Crippen LogP contribution in [0.1, 0.15) is 123 Å². The fourth-order valence-corrected chi connectivity index (χ4v) is 6.85. The third-order valence-electron chi connectivity index (χ3n) is 9.59. The van der Waals surface area contributed by atoms with Gasteiger partial charge in [-0.2, -0.15) is 0 Å². The standard InChI is InChI=1S/C30H52O2/c1-23-3-7-25(8-4-23)11-13-27-15-17-29(31-21-27)19-20-30-18-16-28(22-32-30)14-12-26-9-5-24(2)6-10-26/h3,24-30H,4-22H2,1-2H3. The Balaban J connectivity index is 1.02. The molecule has 3 fully saturated rings. The summed E-state index contributed by atoms with van der Waals surface area (Å²) in [6.07, 6.45) is 26.9. The number of allylic oxidation sites excluding steroid dienone is 2. The van der Waals surface area contributed by atoms with Gasteiger partial charge in [0.05, 0.1) is 12.2 Å². The average molecular weight is 445 g/mol. The molecule has 0 spiro atoms. The minimum Gasteiger partial charge on any atom is -0.378 e. The molecule has 4 aliphatic rings. The van der Waals surface area contributed by atoms with E-state index in [1.165, 1.54) is 109 Å². The van der Waals surface area contributed by atoms with E-state index in [2.05, 4.69) is 19.9 Å². The molecule has 4 rings (SSSR count). The molecule has 0 aromatic carbocycles. The van der Waals surface area contributed by atoms with Gasteiger partial charge in [0, 0.05) is 13.2 Å². The number of hydrogen-bond acceptors (Lipinski definition) is 2. The van der Waals surface area contributed by atoms with Gasteiger partial charge in [0.15, 0.2) is 0 Å². The molecule has 0 N–H and O–H groups in total. The van der Waals surface area contributed by atoms with Crippen molar-refractivity contribution in [2.24, 2.45) is 29.6 Å². The third-order valence-corrected chi connectivity index (χ3v) is 9.59. The van der Waals surface area contributed by atoms with Crippen LogP contribution in [0, 0.1) is 29.6 Å². The van der Waals surface area contributed by atoms with E-state index < -0.39 is 0 Å². The Kier molecular flexibility index (Phi) is 10.0. The molecule has 0 aromatic heterocycles. The molecule has 2 saturated heterocycles. The third kappa shape index (κ3) is 8.15. The molecule has 2 aliphatic heterocycles. The van der Waals surface area contributed by atoms with Gasteiger partial charge in [0.25, 0.3) is 0 Å². The highest BCUT2D eigenvalue weighted by atomic mass is 16.5. The second kappa shape index (κ2) is 12.9. The van der Waals surface area contributed by atoms with Crippen LogP contribution < -0.4 is 0 Å². The minimum absolute atomic E-state index is 0.501. The van der Waals surface area contributed by atoms with Crippen LogP contribution in [-0.4, -0.2) is 25.4 Å². The van der Waals surface area contributed by atoms with E-state index in [1.807, 2.05) is 0 Å². The topological polar surface area (TPSA) is 18.5 Å². The van der Waals surface area contributed by atoms with Crippen LogP contribution in [0.2, 0.25) is 0 Å². The summed E-state index contributed by atoms with van der Waals surface area (Å²) in [5.41, 5.74) is 1.61. The van der Waals surface area contributed by atoms with Gasteiger partial charge < -0.3 is 9.47 Å². The molecule has 1 saturated carbocycles. The van der Waals surface area contributed by atoms with Gasteiger partial charge in [-0.1, -0.05) is 50.7 Å². The minimum atomic E-state index is 0.501. The Morgan fingerprint density at radius 3 is 1.66 bits per heavy atom. The summed E-state index contributed by atoms with van der Waals surface area (Å²) < 4.78 is 12.6. The number of ether oxygens (including phenoxy) is 2. The summed E-state index contributed by atoms with van der Waals surface area (Å²) in [5.74, 6) is 4.58. The number of hydrogen-bond donors (Lipinski definition) is 0. The maximum absolute atomic E-state index is 6.31. The van der Waals surface area contributed by atoms with Crippen molar-refractivity contribution < 1.29 is 9.47 Å². The van der Waals surface area contributed by atoms with Crippen LogP contribution in [0.3, 0.4) is 0 Å². The van der Waals surface area contributed by atoms with Crippen molar-refractivity contribution in [3.05, 3.63) is 11.6 Å². The van der Waals surface area contributed by atoms with Crippen molar-refractivity contribution >= 4 is 0 Å². The first kappa shape index (κ1) is 24.8. The maximum Gasteiger partial charge on any atom is 0.0576 e. The molecule has 0 bridgehead atoms. The Hall–Kier alpha value is -0.340. The van der Waals surface area contributed by atoms with Crippen LogP contribution >= 0.6 is 0 Å². The quantitative estimate of drug-likeness (QED) is 0.332. The molecule has 2 nitrogen and oxygen atoms in total. The molecule has 2 heteroatoms. The predicted molar refractivity (Wildman–Crippen MR) is 135 cm³/mol. The zero-order valence-corrected chi connectivity index (χ0v) is 21.4. The van der Waals surface area contributed by atoms with Gasteiger partial charge in [0.1, 0.15) is 0 Å². The second-order valence-corrected chi connectivity index (χ2v) is 12.3. The molecular weight excluding hydrogens is 392 g/mol. The van der Waals surface area contributed by atoms with E-state index in [9.17, 15) is 0 Å². The summed E-state index contributed by atoms with van der Waals surface area (Å²) in [7, 11) is 0. The molecular formula is C30H52O2. The van der Waals surface area contributed by atoms with Gasteiger partial charge >= 0.3 is 0 Å². The van der Waals surface area contributed by atoms with Crippen molar-refractivity contribution in [1.29, 1.82) is 0 Å². The van der Waals surface area contributed by atoms with Crippen molar-refractivity contribution in [3.63, 3.8) is 0 Å². The zero-order chi connectivity index (χ0) is 22.2. The van der Waals surface area contributed by atoms with Gasteiger partial charge in [-0.15, -0.1) is 0 Å². The summed E-state index contributed by atoms with van der Waals surface area (Å²) in [5, 5.41) is 0. The Morgan fingerprint density at radius 2 is 1.16 bits per heavy atom. The molecule has 2 aliphatic carbocycles. The van der Waals surface area contributed by atoms with Crippen LogP contribution in [-0.2, 0) is 9.47 Å². The van der Waals surface area contributed by atoms with Crippen molar-refractivity contribution in [1.82, 2.24) is 0 Å². The highest BCUT2D eigenvalue weighted by Crippen LogP contribution is 2.35. The van der Waals surface area contributed by atoms with E-state index in [0.29, 0.717) is 12.2 Å².